The lowest BCUT2D eigenvalue weighted by Gasteiger charge is -2.21. The summed E-state index contributed by atoms with van der Waals surface area (Å²) in [5.41, 5.74) is 2.96. The summed E-state index contributed by atoms with van der Waals surface area (Å²) >= 11 is 0. The van der Waals surface area contributed by atoms with E-state index < -0.39 is 5.82 Å². The average molecular weight is 470 g/mol. The van der Waals surface area contributed by atoms with E-state index in [1.807, 2.05) is 38.1 Å². The minimum atomic E-state index is -0.617. The zero-order valence-corrected chi connectivity index (χ0v) is 20.7. The van der Waals surface area contributed by atoms with Crippen LogP contribution >= 0.6 is 0 Å². The Morgan fingerprint density at radius 1 is 1.21 bits per heavy atom. The normalized spacial score (nSPS) is 15.6. The van der Waals surface area contributed by atoms with Crippen molar-refractivity contribution in [1.82, 2.24) is 4.90 Å². The maximum absolute atomic E-state index is 15.3. The first-order valence-electron chi connectivity index (χ1n) is 11.6. The highest BCUT2D eigenvalue weighted by atomic mass is 19.1. The molecule has 2 aromatic carbocycles. The molecule has 0 spiro atoms. The third-order valence-corrected chi connectivity index (χ3v) is 6.29. The fourth-order valence-electron chi connectivity index (χ4n) is 4.51. The molecule has 2 aromatic rings. The van der Waals surface area contributed by atoms with E-state index in [4.69, 9.17) is 19.6 Å². The average Bonchev–Trinajstić information content (AvgIpc) is 3.26. The van der Waals surface area contributed by atoms with Crippen LogP contribution in [0.3, 0.4) is 0 Å². The molecule has 8 heteroatoms. The first-order valence-corrected chi connectivity index (χ1v) is 11.6. The highest BCUT2D eigenvalue weighted by Gasteiger charge is 2.36. The number of carbonyl (C=O) groups is 1. The molecule has 0 aromatic heterocycles. The molecule has 2 heterocycles. The number of fused-ring (bicyclic) bond motifs is 2. The Morgan fingerprint density at radius 2 is 1.91 bits per heavy atom. The summed E-state index contributed by atoms with van der Waals surface area (Å²) in [6.45, 7) is 9.18. The van der Waals surface area contributed by atoms with E-state index in [-0.39, 0.29) is 48.0 Å². The molecule has 0 radical (unpaired) electrons. The first kappa shape index (κ1) is 23.9. The summed E-state index contributed by atoms with van der Waals surface area (Å²) in [6.07, 6.45) is 0. The van der Waals surface area contributed by atoms with E-state index in [1.54, 1.807) is 17.9 Å². The summed E-state index contributed by atoms with van der Waals surface area (Å²) in [7, 11) is 3.83. The Morgan fingerprint density at radius 3 is 2.56 bits per heavy atom. The lowest BCUT2D eigenvalue weighted by atomic mass is 9.85. The summed E-state index contributed by atoms with van der Waals surface area (Å²) in [6, 6.07) is 5.44. The van der Waals surface area contributed by atoms with Crippen LogP contribution in [-0.2, 0) is 12.0 Å². The fourth-order valence-corrected chi connectivity index (χ4v) is 4.51. The topological polar surface area (TPSA) is 75.1 Å². The lowest BCUT2D eigenvalue weighted by molar-refractivity contribution is 0.0962. The number of carbonyl (C=O) groups excluding carboxylic acids is 1. The zero-order chi connectivity index (χ0) is 24.8. The molecule has 0 saturated heterocycles. The number of hydrogen-bond acceptors (Lipinski definition) is 6. The van der Waals surface area contributed by atoms with Crippen LogP contribution in [0, 0.1) is 11.2 Å². The van der Waals surface area contributed by atoms with Crippen LogP contribution in [0.25, 0.3) is 0 Å². The van der Waals surface area contributed by atoms with Gasteiger partial charge in [-0.2, -0.15) is 0 Å². The van der Waals surface area contributed by atoms with Crippen molar-refractivity contribution < 1.29 is 23.4 Å². The Balaban J connectivity index is 1.64. The van der Waals surface area contributed by atoms with E-state index in [0.717, 1.165) is 17.0 Å². The molecular formula is C26H32FN3O4. The van der Waals surface area contributed by atoms with Crippen molar-refractivity contribution in [3.05, 3.63) is 46.3 Å². The number of halogens is 1. The molecule has 0 bridgehead atoms. The largest absolute Gasteiger partial charge is 0.490 e. The van der Waals surface area contributed by atoms with Crippen LogP contribution in [0.15, 0.2) is 18.2 Å². The SMILES string of the molecule is CCOc1cc2c(c(F)c1OCC)C(=N)N(CC(=O)c1cc(N(C)C)c3c(c1)C(C)(C)CO3)C2. The van der Waals surface area contributed by atoms with Crippen molar-refractivity contribution in [2.75, 3.05) is 45.4 Å². The van der Waals surface area contributed by atoms with Gasteiger partial charge >= 0.3 is 0 Å². The first-order chi connectivity index (χ1) is 16.1. The quantitative estimate of drug-likeness (QED) is 0.579. The van der Waals surface area contributed by atoms with Gasteiger partial charge in [0.25, 0.3) is 0 Å². The molecule has 182 valence electrons. The van der Waals surface area contributed by atoms with Crippen LogP contribution in [0.5, 0.6) is 17.2 Å². The van der Waals surface area contributed by atoms with Crippen LogP contribution in [0.2, 0.25) is 0 Å². The molecule has 7 nitrogen and oxygen atoms in total. The highest BCUT2D eigenvalue weighted by molar-refractivity contribution is 6.06. The second-order valence-corrected chi connectivity index (χ2v) is 9.48. The summed E-state index contributed by atoms with van der Waals surface area (Å²) in [4.78, 5) is 16.9. The minimum Gasteiger partial charge on any atom is -0.490 e. The standard InChI is InChI=1S/C26H32FN3O4/c1-7-32-20-11-16-12-30(25(28)21(16)22(27)24(20)33-8-2)13-19(31)15-9-17-23(18(10-15)29(5)6)34-14-26(17,3)4/h9-11,28H,7-8,12-14H2,1-6H3. The maximum atomic E-state index is 15.3. The monoisotopic (exact) mass is 469 g/mol. The van der Waals surface area contributed by atoms with Gasteiger partial charge in [-0.25, -0.2) is 4.39 Å². The van der Waals surface area contributed by atoms with Crippen molar-refractivity contribution in [3.8, 4) is 17.2 Å². The van der Waals surface area contributed by atoms with E-state index in [2.05, 4.69) is 13.8 Å². The second kappa shape index (κ2) is 8.81. The van der Waals surface area contributed by atoms with Crippen molar-refractivity contribution >= 4 is 17.3 Å². The number of ether oxygens (including phenoxy) is 3. The predicted octanol–water partition coefficient (Wildman–Crippen LogP) is 4.38. The molecular weight excluding hydrogens is 437 g/mol. The molecule has 34 heavy (non-hydrogen) atoms. The number of hydrogen-bond donors (Lipinski definition) is 1. The van der Waals surface area contributed by atoms with E-state index in [9.17, 15) is 4.79 Å². The van der Waals surface area contributed by atoms with Gasteiger partial charge in [0.1, 0.15) is 11.6 Å². The second-order valence-electron chi connectivity index (χ2n) is 9.48. The molecule has 4 rings (SSSR count). The van der Waals surface area contributed by atoms with Gasteiger partial charge in [-0.15, -0.1) is 0 Å². The molecule has 0 atom stereocenters. The number of nitrogens with zero attached hydrogens (tertiary/aromatic N) is 2. The van der Waals surface area contributed by atoms with E-state index >= 15 is 4.39 Å². The van der Waals surface area contributed by atoms with Gasteiger partial charge in [-0.3, -0.25) is 10.2 Å². The Hall–Kier alpha value is -3.29. The van der Waals surface area contributed by atoms with Gasteiger partial charge < -0.3 is 24.0 Å². The Kier molecular flexibility index (Phi) is 6.18. The van der Waals surface area contributed by atoms with Gasteiger partial charge in [0.2, 0.25) is 0 Å². The number of Topliss-reactive ketones (excluding diaryl/α,β-unsaturated/α-hetero) is 1. The van der Waals surface area contributed by atoms with Crippen molar-refractivity contribution in [3.63, 3.8) is 0 Å². The Labute approximate surface area is 199 Å². The van der Waals surface area contributed by atoms with Crippen molar-refractivity contribution in [2.45, 2.75) is 39.7 Å². The third kappa shape index (κ3) is 3.95. The Bertz CT molecular complexity index is 1160. The highest BCUT2D eigenvalue weighted by Crippen LogP contribution is 2.45. The van der Waals surface area contributed by atoms with E-state index in [0.29, 0.717) is 30.1 Å². The number of ketones is 1. The molecule has 2 aliphatic heterocycles. The summed E-state index contributed by atoms with van der Waals surface area (Å²) in [5, 5.41) is 8.59. The van der Waals surface area contributed by atoms with Crippen molar-refractivity contribution in [2.24, 2.45) is 0 Å². The molecule has 1 N–H and O–H groups in total. The number of amidine groups is 1. The molecule has 0 amide bonds. The predicted molar refractivity (Wildman–Crippen MR) is 130 cm³/mol. The number of rotatable bonds is 8. The number of nitrogens with one attached hydrogen (secondary N) is 1. The lowest BCUT2D eigenvalue weighted by Crippen LogP contribution is -2.30. The van der Waals surface area contributed by atoms with Gasteiger partial charge in [-0.05, 0) is 37.6 Å². The van der Waals surface area contributed by atoms with Crippen LogP contribution in [-0.4, -0.2) is 57.0 Å². The van der Waals surface area contributed by atoms with Crippen LogP contribution in [0.1, 0.15) is 54.7 Å². The fraction of sp³-hybridized carbons (Fsp3) is 0.462. The van der Waals surface area contributed by atoms with Crippen LogP contribution in [0.4, 0.5) is 10.1 Å². The molecule has 0 unspecified atom stereocenters. The number of anilines is 1. The van der Waals surface area contributed by atoms with Gasteiger partial charge in [0.15, 0.2) is 23.1 Å². The van der Waals surface area contributed by atoms with Crippen LogP contribution < -0.4 is 19.1 Å². The molecule has 0 saturated carbocycles. The van der Waals surface area contributed by atoms with Gasteiger partial charge in [0, 0.05) is 37.2 Å². The van der Waals surface area contributed by atoms with Gasteiger partial charge in [0.05, 0.1) is 37.6 Å². The minimum absolute atomic E-state index is 0.0116. The smallest absolute Gasteiger partial charge is 0.197 e. The summed E-state index contributed by atoms with van der Waals surface area (Å²) in [5.74, 6) is 0.357. The molecule has 0 fully saturated rings. The molecule has 2 aliphatic rings. The van der Waals surface area contributed by atoms with Gasteiger partial charge in [-0.1, -0.05) is 13.8 Å². The van der Waals surface area contributed by atoms with Crippen molar-refractivity contribution in [1.29, 1.82) is 5.41 Å². The summed E-state index contributed by atoms with van der Waals surface area (Å²) < 4.78 is 32.3. The van der Waals surface area contributed by atoms with E-state index in [1.165, 1.54) is 0 Å². The number of benzene rings is 2. The zero-order valence-electron chi connectivity index (χ0n) is 20.7. The maximum Gasteiger partial charge on any atom is 0.197 e. The third-order valence-electron chi connectivity index (χ3n) is 6.29. The molecule has 0 aliphatic carbocycles.